The normalized spacial score (nSPS) is 28.8. The Hall–Kier alpha value is -1.11. The topological polar surface area (TPSA) is 41.5 Å². The monoisotopic (exact) mass is 357 g/mol. The van der Waals surface area contributed by atoms with Crippen LogP contribution in [0.5, 0.6) is 0 Å². The van der Waals surface area contributed by atoms with E-state index in [2.05, 4.69) is 5.32 Å². The molecule has 1 aromatic rings. The second kappa shape index (κ2) is 6.25. The van der Waals surface area contributed by atoms with Gasteiger partial charge in [0.2, 0.25) is 0 Å². The first-order chi connectivity index (χ1) is 11.6. The number of alkyl halides is 3. The SMILES string of the molecule is COC1(C(NC2CC(O)C2(C)C)c2cccc(C(F)(F)F)c2)CCC1. The fourth-order valence-electron chi connectivity index (χ4n) is 3.97. The van der Waals surface area contributed by atoms with Crippen LogP contribution in [-0.4, -0.2) is 30.0 Å². The highest BCUT2D eigenvalue weighted by Gasteiger charge is 2.52. The van der Waals surface area contributed by atoms with Gasteiger partial charge in [-0.25, -0.2) is 0 Å². The molecule has 0 aromatic heterocycles. The molecule has 2 aliphatic carbocycles. The highest BCUT2D eigenvalue weighted by atomic mass is 19.4. The van der Waals surface area contributed by atoms with E-state index >= 15 is 0 Å². The van der Waals surface area contributed by atoms with Crippen molar-refractivity contribution in [1.82, 2.24) is 5.32 Å². The molecule has 2 fully saturated rings. The van der Waals surface area contributed by atoms with E-state index in [0.717, 1.165) is 25.3 Å². The minimum Gasteiger partial charge on any atom is -0.392 e. The van der Waals surface area contributed by atoms with Gasteiger partial charge in [0.25, 0.3) is 0 Å². The van der Waals surface area contributed by atoms with Gasteiger partial charge in [-0.05, 0) is 43.4 Å². The van der Waals surface area contributed by atoms with Crippen LogP contribution in [0.15, 0.2) is 24.3 Å². The lowest BCUT2D eigenvalue weighted by Crippen LogP contribution is -2.64. The fraction of sp³-hybridized carbons (Fsp3) is 0.684. The Bertz CT molecular complexity index is 620. The van der Waals surface area contributed by atoms with Crippen molar-refractivity contribution in [2.45, 2.75) is 69.5 Å². The summed E-state index contributed by atoms with van der Waals surface area (Å²) < 4.78 is 45.2. The van der Waals surface area contributed by atoms with Gasteiger partial charge in [-0.3, -0.25) is 0 Å². The first kappa shape index (κ1) is 18.7. The molecule has 0 spiro atoms. The predicted octanol–water partition coefficient (Wildman–Crippen LogP) is 4.06. The van der Waals surface area contributed by atoms with Crippen LogP contribution in [0.4, 0.5) is 13.2 Å². The third kappa shape index (κ3) is 3.20. The van der Waals surface area contributed by atoms with Gasteiger partial charge in [0.05, 0.1) is 23.3 Å². The molecule has 3 nitrogen and oxygen atoms in total. The van der Waals surface area contributed by atoms with Crippen molar-refractivity contribution >= 4 is 0 Å². The summed E-state index contributed by atoms with van der Waals surface area (Å²) in [6.07, 6.45) is -1.54. The standard InChI is InChI=1S/C19H26F3NO2/c1-17(2)14(11-15(17)24)23-16(18(25-3)8-5-9-18)12-6-4-7-13(10-12)19(20,21)22/h4,6-7,10,14-16,23-24H,5,8-9,11H2,1-3H3. The van der Waals surface area contributed by atoms with Gasteiger partial charge < -0.3 is 15.2 Å². The van der Waals surface area contributed by atoms with Crippen LogP contribution in [0.2, 0.25) is 0 Å². The molecule has 25 heavy (non-hydrogen) atoms. The first-order valence-electron chi connectivity index (χ1n) is 8.76. The number of halogens is 3. The molecule has 0 amide bonds. The third-order valence-corrected chi connectivity index (χ3v) is 6.26. The summed E-state index contributed by atoms with van der Waals surface area (Å²) in [6, 6.07) is 5.21. The molecule has 2 saturated carbocycles. The molecule has 1 aromatic carbocycles. The van der Waals surface area contributed by atoms with Crippen LogP contribution in [0.1, 0.15) is 56.7 Å². The summed E-state index contributed by atoms with van der Waals surface area (Å²) in [6.45, 7) is 3.95. The minimum absolute atomic E-state index is 0.0367. The fourth-order valence-corrected chi connectivity index (χ4v) is 3.97. The zero-order valence-corrected chi connectivity index (χ0v) is 14.9. The average Bonchev–Trinajstić information content (AvgIpc) is 2.51. The van der Waals surface area contributed by atoms with E-state index in [1.165, 1.54) is 12.1 Å². The van der Waals surface area contributed by atoms with Crippen molar-refractivity contribution in [2.24, 2.45) is 5.41 Å². The van der Waals surface area contributed by atoms with Gasteiger partial charge in [-0.1, -0.05) is 26.0 Å². The average molecular weight is 357 g/mol. The molecule has 0 radical (unpaired) electrons. The van der Waals surface area contributed by atoms with E-state index < -0.39 is 23.4 Å². The highest BCUT2D eigenvalue weighted by Crippen LogP contribution is 2.49. The van der Waals surface area contributed by atoms with Crippen molar-refractivity contribution in [3.05, 3.63) is 35.4 Å². The van der Waals surface area contributed by atoms with E-state index in [-0.39, 0.29) is 17.5 Å². The Morgan fingerprint density at radius 2 is 1.96 bits per heavy atom. The number of nitrogens with one attached hydrogen (secondary N) is 1. The van der Waals surface area contributed by atoms with Crippen molar-refractivity contribution < 1.29 is 23.0 Å². The lowest BCUT2D eigenvalue weighted by molar-refractivity contribution is -0.138. The molecule has 3 atom stereocenters. The molecular formula is C19H26F3NO2. The number of benzene rings is 1. The quantitative estimate of drug-likeness (QED) is 0.835. The van der Waals surface area contributed by atoms with Crippen LogP contribution in [0, 0.1) is 5.41 Å². The van der Waals surface area contributed by atoms with Gasteiger partial charge in [-0.2, -0.15) is 13.2 Å². The molecule has 140 valence electrons. The Kier molecular flexibility index (Phi) is 4.67. The van der Waals surface area contributed by atoms with E-state index in [1.807, 2.05) is 13.8 Å². The lowest BCUT2D eigenvalue weighted by atomic mass is 9.63. The van der Waals surface area contributed by atoms with Gasteiger partial charge in [0, 0.05) is 18.6 Å². The highest BCUT2D eigenvalue weighted by molar-refractivity contribution is 5.31. The Balaban J connectivity index is 1.93. The van der Waals surface area contributed by atoms with E-state index in [0.29, 0.717) is 12.0 Å². The first-order valence-corrected chi connectivity index (χ1v) is 8.76. The Morgan fingerprint density at radius 3 is 2.40 bits per heavy atom. The second-order valence-corrected chi connectivity index (χ2v) is 7.97. The summed E-state index contributed by atoms with van der Waals surface area (Å²) >= 11 is 0. The minimum atomic E-state index is -4.37. The van der Waals surface area contributed by atoms with Gasteiger partial charge in [0.1, 0.15) is 0 Å². The van der Waals surface area contributed by atoms with Crippen molar-refractivity contribution in [2.75, 3.05) is 7.11 Å². The Labute approximate surface area is 146 Å². The van der Waals surface area contributed by atoms with Gasteiger partial charge in [-0.15, -0.1) is 0 Å². The number of ether oxygens (including phenoxy) is 1. The van der Waals surface area contributed by atoms with E-state index in [9.17, 15) is 18.3 Å². The third-order valence-electron chi connectivity index (χ3n) is 6.26. The number of rotatable bonds is 5. The number of hydrogen-bond acceptors (Lipinski definition) is 3. The number of aliphatic hydroxyl groups is 1. The molecule has 3 unspecified atom stereocenters. The molecule has 0 aliphatic heterocycles. The van der Waals surface area contributed by atoms with Crippen LogP contribution in [0.3, 0.4) is 0 Å². The summed E-state index contributed by atoms with van der Waals surface area (Å²) in [7, 11) is 1.63. The second-order valence-electron chi connectivity index (χ2n) is 7.97. The molecule has 2 aliphatic rings. The largest absolute Gasteiger partial charge is 0.416 e. The maximum Gasteiger partial charge on any atom is 0.416 e. The zero-order chi connectivity index (χ0) is 18.5. The Morgan fingerprint density at radius 1 is 1.28 bits per heavy atom. The summed E-state index contributed by atoms with van der Waals surface area (Å²) in [5.41, 5.74) is -0.844. The summed E-state index contributed by atoms with van der Waals surface area (Å²) in [5.74, 6) is 0. The smallest absolute Gasteiger partial charge is 0.392 e. The summed E-state index contributed by atoms with van der Waals surface area (Å²) in [5, 5.41) is 13.5. The van der Waals surface area contributed by atoms with Crippen molar-refractivity contribution in [3.8, 4) is 0 Å². The van der Waals surface area contributed by atoms with E-state index in [4.69, 9.17) is 4.74 Å². The van der Waals surface area contributed by atoms with Crippen LogP contribution < -0.4 is 5.32 Å². The molecular weight excluding hydrogens is 331 g/mol. The van der Waals surface area contributed by atoms with Gasteiger partial charge >= 0.3 is 6.18 Å². The van der Waals surface area contributed by atoms with Gasteiger partial charge in [0.15, 0.2) is 0 Å². The molecule has 2 N–H and O–H groups in total. The zero-order valence-electron chi connectivity index (χ0n) is 14.9. The van der Waals surface area contributed by atoms with Crippen LogP contribution in [-0.2, 0) is 10.9 Å². The number of methoxy groups -OCH3 is 1. The maximum atomic E-state index is 13.1. The van der Waals surface area contributed by atoms with E-state index in [1.54, 1.807) is 13.2 Å². The maximum absolute atomic E-state index is 13.1. The molecule has 0 bridgehead atoms. The van der Waals surface area contributed by atoms with Crippen molar-refractivity contribution in [1.29, 1.82) is 0 Å². The molecule has 0 heterocycles. The van der Waals surface area contributed by atoms with Crippen molar-refractivity contribution in [3.63, 3.8) is 0 Å². The number of aliphatic hydroxyl groups excluding tert-OH is 1. The molecule has 0 saturated heterocycles. The lowest BCUT2D eigenvalue weighted by Gasteiger charge is -2.55. The molecule has 6 heteroatoms. The number of hydrogen-bond donors (Lipinski definition) is 2. The van der Waals surface area contributed by atoms with Crippen LogP contribution in [0.25, 0.3) is 0 Å². The predicted molar refractivity (Wildman–Crippen MR) is 89.1 cm³/mol. The summed E-state index contributed by atoms with van der Waals surface area (Å²) in [4.78, 5) is 0. The molecule has 3 rings (SSSR count). The van der Waals surface area contributed by atoms with Crippen LogP contribution >= 0.6 is 0 Å².